The second-order valence-corrected chi connectivity index (χ2v) is 5.49. The van der Waals surface area contributed by atoms with Crippen LogP contribution in [0.2, 0.25) is 0 Å². The van der Waals surface area contributed by atoms with Crippen LogP contribution < -0.4 is 0 Å². The maximum absolute atomic E-state index is 10.0. The van der Waals surface area contributed by atoms with Crippen LogP contribution in [-0.4, -0.2) is 35.2 Å². The molecule has 0 amide bonds. The lowest BCUT2D eigenvalue weighted by Crippen LogP contribution is -2.45. The van der Waals surface area contributed by atoms with Gasteiger partial charge in [0.05, 0.1) is 6.10 Å². The van der Waals surface area contributed by atoms with Crippen molar-refractivity contribution in [2.45, 2.75) is 64.0 Å². The van der Waals surface area contributed by atoms with Gasteiger partial charge in [-0.3, -0.25) is 4.90 Å². The van der Waals surface area contributed by atoms with E-state index in [9.17, 15) is 5.11 Å². The first kappa shape index (κ1) is 11.4. The van der Waals surface area contributed by atoms with Gasteiger partial charge in [0.2, 0.25) is 0 Å². The molecule has 88 valence electrons. The van der Waals surface area contributed by atoms with Crippen molar-refractivity contribution in [3.05, 3.63) is 0 Å². The highest BCUT2D eigenvalue weighted by Crippen LogP contribution is 2.26. The maximum Gasteiger partial charge on any atom is 0.0695 e. The predicted octanol–water partition coefficient (Wildman–Crippen LogP) is 2.41. The fourth-order valence-corrected chi connectivity index (χ4v) is 3.13. The minimum atomic E-state index is -0.0489. The summed E-state index contributed by atoms with van der Waals surface area (Å²) in [6.45, 7) is 4.79. The van der Waals surface area contributed by atoms with Crippen LogP contribution in [0.4, 0.5) is 0 Å². The van der Waals surface area contributed by atoms with Gasteiger partial charge in [-0.15, -0.1) is 0 Å². The maximum atomic E-state index is 10.0. The summed E-state index contributed by atoms with van der Waals surface area (Å²) in [5, 5.41) is 10.0. The normalized spacial score (nSPS) is 40.0. The Labute approximate surface area is 93.7 Å². The average molecular weight is 211 g/mol. The topological polar surface area (TPSA) is 23.5 Å². The molecule has 0 aromatic rings. The van der Waals surface area contributed by atoms with Gasteiger partial charge in [0.15, 0.2) is 0 Å². The first-order chi connectivity index (χ1) is 7.27. The fourth-order valence-electron chi connectivity index (χ4n) is 3.13. The highest BCUT2D eigenvalue weighted by molar-refractivity contribution is 4.84. The smallest absolute Gasteiger partial charge is 0.0695 e. The summed E-state index contributed by atoms with van der Waals surface area (Å²) in [5.41, 5.74) is 0. The Morgan fingerprint density at radius 3 is 2.53 bits per heavy atom. The molecule has 3 unspecified atom stereocenters. The van der Waals surface area contributed by atoms with Crippen LogP contribution in [0.1, 0.15) is 51.9 Å². The van der Waals surface area contributed by atoms with Crippen molar-refractivity contribution in [2.75, 3.05) is 13.1 Å². The Balaban J connectivity index is 1.90. The van der Waals surface area contributed by atoms with E-state index in [1.165, 1.54) is 51.6 Å². The van der Waals surface area contributed by atoms with E-state index < -0.39 is 0 Å². The van der Waals surface area contributed by atoms with E-state index >= 15 is 0 Å². The monoisotopic (exact) mass is 211 g/mol. The number of likely N-dealkylation sites (tertiary alicyclic amines) is 1. The first-order valence-electron chi connectivity index (χ1n) is 6.69. The van der Waals surface area contributed by atoms with E-state index in [4.69, 9.17) is 0 Å². The molecule has 1 N–H and O–H groups in total. The molecule has 0 spiro atoms. The van der Waals surface area contributed by atoms with Crippen molar-refractivity contribution in [1.29, 1.82) is 0 Å². The van der Waals surface area contributed by atoms with Crippen LogP contribution >= 0.6 is 0 Å². The van der Waals surface area contributed by atoms with Crippen LogP contribution in [0.3, 0.4) is 0 Å². The van der Waals surface area contributed by atoms with Crippen molar-refractivity contribution < 1.29 is 5.11 Å². The van der Waals surface area contributed by atoms with E-state index in [0.717, 1.165) is 12.3 Å². The lowest BCUT2D eigenvalue weighted by atomic mass is 9.91. The van der Waals surface area contributed by atoms with E-state index in [2.05, 4.69) is 11.8 Å². The standard InChI is InChI=1S/C13H25NO/c1-11-5-4-9-14(10-8-11)12-6-2-3-7-13(12)15/h11-13,15H,2-10H2,1H3. The zero-order valence-electron chi connectivity index (χ0n) is 9.99. The van der Waals surface area contributed by atoms with Crippen LogP contribution in [0, 0.1) is 5.92 Å². The van der Waals surface area contributed by atoms with Crippen LogP contribution in [0.25, 0.3) is 0 Å². The molecular formula is C13H25NO. The van der Waals surface area contributed by atoms with E-state index in [1.807, 2.05) is 0 Å². The van der Waals surface area contributed by atoms with Gasteiger partial charge in [-0.2, -0.15) is 0 Å². The number of hydrogen-bond acceptors (Lipinski definition) is 2. The Morgan fingerprint density at radius 2 is 1.73 bits per heavy atom. The summed E-state index contributed by atoms with van der Waals surface area (Å²) in [6.07, 6.45) is 8.75. The van der Waals surface area contributed by atoms with E-state index in [1.54, 1.807) is 0 Å². The molecule has 3 atom stereocenters. The largest absolute Gasteiger partial charge is 0.391 e. The molecule has 2 fully saturated rings. The van der Waals surface area contributed by atoms with Gasteiger partial charge in [-0.05, 0) is 51.1 Å². The Hall–Kier alpha value is -0.0800. The minimum Gasteiger partial charge on any atom is -0.391 e. The van der Waals surface area contributed by atoms with Gasteiger partial charge in [-0.25, -0.2) is 0 Å². The number of aliphatic hydroxyl groups excluding tert-OH is 1. The minimum absolute atomic E-state index is 0.0489. The fraction of sp³-hybridized carbons (Fsp3) is 1.00. The van der Waals surface area contributed by atoms with E-state index in [-0.39, 0.29) is 6.10 Å². The molecule has 1 aliphatic carbocycles. The predicted molar refractivity (Wildman–Crippen MR) is 62.9 cm³/mol. The summed E-state index contributed by atoms with van der Waals surface area (Å²) in [4.78, 5) is 2.56. The van der Waals surface area contributed by atoms with Gasteiger partial charge >= 0.3 is 0 Å². The van der Waals surface area contributed by atoms with Crippen LogP contribution in [0.15, 0.2) is 0 Å². The highest BCUT2D eigenvalue weighted by Gasteiger charge is 2.29. The third kappa shape index (κ3) is 2.94. The quantitative estimate of drug-likeness (QED) is 0.720. The molecule has 2 rings (SSSR count). The third-order valence-electron chi connectivity index (χ3n) is 4.21. The van der Waals surface area contributed by atoms with Crippen molar-refractivity contribution in [2.24, 2.45) is 5.92 Å². The van der Waals surface area contributed by atoms with Gasteiger partial charge in [0.25, 0.3) is 0 Å². The van der Waals surface area contributed by atoms with Crippen molar-refractivity contribution in [3.8, 4) is 0 Å². The molecule has 15 heavy (non-hydrogen) atoms. The van der Waals surface area contributed by atoms with Gasteiger partial charge in [0.1, 0.15) is 0 Å². The molecule has 0 radical (unpaired) electrons. The highest BCUT2D eigenvalue weighted by atomic mass is 16.3. The molecule has 0 aromatic heterocycles. The SMILES string of the molecule is CC1CCCN(C2CCCCC2O)CC1. The average Bonchev–Trinajstić information content (AvgIpc) is 2.44. The van der Waals surface area contributed by atoms with Crippen molar-refractivity contribution >= 4 is 0 Å². The molecule has 2 nitrogen and oxygen atoms in total. The van der Waals surface area contributed by atoms with Gasteiger partial charge < -0.3 is 5.11 Å². The zero-order valence-corrected chi connectivity index (χ0v) is 9.99. The molecule has 1 saturated heterocycles. The Kier molecular flexibility index (Phi) is 4.04. The second-order valence-electron chi connectivity index (χ2n) is 5.49. The number of aliphatic hydroxyl groups is 1. The summed E-state index contributed by atoms with van der Waals surface area (Å²) in [7, 11) is 0. The lowest BCUT2D eigenvalue weighted by Gasteiger charge is -2.37. The lowest BCUT2D eigenvalue weighted by molar-refractivity contribution is 0.0210. The molecule has 1 saturated carbocycles. The molecular weight excluding hydrogens is 186 g/mol. The summed E-state index contributed by atoms with van der Waals surface area (Å²) in [6, 6.07) is 0.476. The third-order valence-corrected chi connectivity index (χ3v) is 4.21. The summed E-state index contributed by atoms with van der Waals surface area (Å²) < 4.78 is 0. The Morgan fingerprint density at radius 1 is 0.933 bits per heavy atom. The number of hydrogen-bond donors (Lipinski definition) is 1. The van der Waals surface area contributed by atoms with Crippen molar-refractivity contribution in [1.82, 2.24) is 4.90 Å². The Bertz CT molecular complexity index is 195. The first-order valence-corrected chi connectivity index (χ1v) is 6.69. The zero-order chi connectivity index (χ0) is 10.7. The van der Waals surface area contributed by atoms with E-state index in [0.29, 0.717) is 6.04 Å². The molecule has 1 aliphatic heterocycles. The molecule has 0 bridgehead atoms. The number of rotatable bonds is 1. The van der Waals surface area contributed by atoms with Crippen molar-refractivity contribution in [3.63, 3.8) is 0 Å². The van der Waals surface area contributed by atoms with Gasteiger partial charge in [0, 0.05) is 6.04 Å². The molecule has 2 aliphatic rings. The molecule has 1 heterocycles. The molecule has 2 heteroatoms. The summed E-state index contributed by atoms with van der Waals surface area (Å²) in [5.74, 6) is 0.885. The van der Waals surface area contributed by atoms with Crippen LogP contribution in [-0.2, 0) is 0 Å². The summed E-state index contributed by atoms with van der Waals surface area (Å²) >= 11 is 0. The number of nitrogens with zero attached hydrogens (tertiary/aromatic N) is 1. The molecule has 0 aromatic carbocycles. The second kappa shape index (κ2) is 5.31. The van der Waals surface area contributed by atoms with Gasteiger partial charge in [-0.1, -0.05) is 19.8 Å². The van der Waals surface area contributed by atoms with Crippen LogP contribution in [0.5, 0.6) is 0 Å².